The minimum absolute atomic E-state index is 0.00213. The molecule has 3 fully saturated rings. The van der Waals surface area contributed by atoms with Crippen molar-refractivity contribution in [2.45, 2.75) is 68.3 Å². The van der Waals surface area contributed by atoms with Crippen LogP contribution in [0.5, 0.6) is 5.75 Å². The number of hydrogen-bond acceptors (Lipinski definition) is 11. The van der Waals surface area contributed by atoms with E-state index in [1.165, 1.54) is 7.11 Å². The van der Waals surface area contributed by atoms with Crippen LogP contribution in [0.2, 0.25) is 0 Å². The number of aliphatic hydroxyl groups excluding tert-OH is 1. The molecule has 3 amide bonds. The van der Waals surface area contributed by atoms with Crippen LogP contribution in [0, 0.1) is 17.8 Å². The predicted octanol–water partition coefficient (Wildman–Crippen LogP) is 7.78. The molecule has 1 N–H and O–H groups in total. The van der Waals surface area contributed by atoms with Crippen LogP contribution in [-0.2, 0) is 40.6 Å². The molecule has 9 rings (SSSR count). The van der Waals surface area contributed by atoms with Crippen LogP contribution in [0.3, 0.4) is 0 Å². The fourth-order valence-corrected chi connectivity index (χ4v) is 11.1. The number of methoxy groups -OCH3 is 1. The molecule has 5 aromatic rings. The van der Waals surface area contributed by atoms with Crippen LogP contribution < -0.4 is 9.64 Å². The summed E-state index contributed by atoms with van der Waals surface area (Å²) < 4.78 is 23.7. The van der Waals surface area contributed by atoms with E-state index in [0.29, 0.717) is 48.6 Å². The summed E-state index contributed by atoms with van der Waals surface area (Å²) >= 11 is 0. The molecular weight excluding hydrogens is 885 g/mol. The molecule has 362 valence electrons. The number of fused-ring (bicyclic) bond motifs is 3. The molecule has 5 aromatic carbocycles. The molecule has 13 nitrogen and oxygen atoms in total. The van der Waals surface area contributed by atoms with E-state index in [4.69, 9.17) is 18.9 Å². The number of carbonyl (C=O) groups is 4. The van der Waals surface area contributed by atoms with E-state index in [1.807, 2.05) is 108 Å². The number of benzene rings is 5. The zero-order valence-electron chi connectivity index (χ0n) is 39.8. The van der Waals surface area contributed by atoms with E-state index in [2.05, 4.69) is 28.9 Å². The molecule has 4 aliphatic rings. The van der Waals surface area contributed by atoms with Crippen molar-refractivity contribution >= 4 is 29.6 Å². The Balaban J connectivity index is 1.31. The van der Waals surface area contributed by atoms with Gasteiger partial charge in [0.25, 0.3) is 0 Å². The number of aliphatic hydroxyl groups is 1. The van der Waals surface area contributed by atoms with Gasteiger partial charge in [0, 0.05) is 32.3 Å². The number of esters is 1. The Hall–Kier alpha value is -6.82. The van der Waals surface area contributed by atoms with Gasteiger partial charge in [0.05, 0.1) is 43.4 Å². The lowest BCUT2D eigenvalue weighted by Crippen LogP contribution is -2.56. The molecule has 0 aromatic heterocycles. The molecule has 6 unspecified atom stereocenters. The topological polar surface area (TPSA) is 138 Å². The Kier molecular flexibility index (Phi) is 15.1. The number of rotatable bonds is 13. The summed E-state index contributed by atoms with van der Waals surface area (Å²) in [5, 5.41) is 9.86. The maximum Gasteiger partial charge on any atom is 0.421 e. The normalized spacial score (nSPS) is 23.2. The van der Waals surface area contributed by atoms with Crippen molar-refractivity contribution in [2.24, 2.45) is 5.92 Å². The number of anilines is 1. The maximum atomic E-state index is 16.6. The highest BCUT2D eigenvalue weighted by atomic mass is 16.6. The fourth-order valence-electron chi connectivity index (χ4n) is 11.1. The number of carbonyl (C=O) groups excluding carboxylic acids is 4. The van der Waals surface area contributed by atoms with E-state index in [-0.39, 0.29) is 38.0 Å². The van der Waals surface area contributed by atoms with Crippen LogP contribution in [0.4, 0.5) is 10.5 Å². The van der Waals surface area contributed by atoms with Crippen LogP contribution in [0.25, 0.3) is 0 Å². The van der Waals surface area contributed by atoms with Gasteiger partial charge in [0.15, 0.2) is 0 Å². The molecule has 3 saturated heterocycles. The summed E-state index contributed by atoms with van der Waals surface area (Å²) in [4.78, 5) is 70.0. The Bertz CT molecular complexity index is 2700. The summed E-state index contributed by atoms with van der Waals surface area (Å²) in [6, 6.07) is 38.7. The second-order valence-corrected chi connectivity index (χ2v) is 18.4. The molecule has 13 heteroatoms. The number of ether oxygens (including phenoxy) is 4. The lowest BCUT2D eigenvalue weighted by atomic mass is 9.64. The lowest BCUT2D eigenvalue weighted by Gasteiger charge is -2.46. The standard InChI is InChI=1S/C57H60N4O9/c1-58(39-41-19-9-6-10-20-41)30-18-21-40-28-29-47-46(37-40)57(55(65)60(47)56(66)69-36-35-67-2)48(53(63)59-31-15-4-3-5-16-32-59)50-54(64)70-51(43-24-13-8-14-25-43)49(42-22-11-7-12-23-42)61(50)52(57)44-26-17-27-45(38-44)68-34-33-62/h6-14,17,19-20,22-29,37-38,48-52,62H,3-5,15-16,30-36,39H2,1-2H3. The van der Waals surface area contributed by atoms with Crippen LogP contribution >= 0.6 is 0 Å². The number of amides is 3. The van der Waals surface area contributed by atoms with E-state index in [0.717, 1.165) is 53.7 Å². The fraction of sp³-hybridized carbons (Fsp3) is 0.368. The van der Waals surface area contributed by atoms with Crippen molar-refractivity contribution in [1.82, 2.24) is 14.7 Å². The van der Waals surface area contributed by atoms with Crippen molar-refractivity contribution in [3.05, 3.63) is 167 Å². The van der Waals surface area contributed by atoms with Gasteiger partial charge in [-0.1, -0.05) is 134 Å². The molecule has 0 radical (unpaired) electrons. The van der Waals surface area contributed by atoms with Gasteiger partial charge in [0.2, 0.25) is 11.8 Å². The first-order chi connectivity index (χ1) is 34.3. The summed E-state index contributed by atoms with van der Waals surface area (Å²) in [5.74, 6) is 3.93. The zero-order valence-corrected chi connectivity index (χ0v) is 39.8. The molecule has 1 spiro atoms. The van der Waals surface area contributed by atoms with E-state index in [9.17, 15) is 9.90 Å². The molecular formula is C57H60N4O9. The van der Waals surface area contributed by atoms with Crippen LogP contribution in [0.15, 0.2) is 133 Å². The Labute approximate surface area is 409 Å². The molecule has 4 aliphatic heterocycles. The second kappa shape index (κ2) is 21.9. The first-order valence-corrected chi connectivity index (χ1v) is 24.3. The monoisotopic (exact) mass is 944 g/mol. The average molecular weight is 945 g/mol. The van der Waals surface area contributed by atoms with E-state index in [1.54, 1.807) is 30.3 Å². The van der Waals surface area contributed by atoms with Crippen LogP contribution in [0.1, 0.15) is 83.7 Å². The SMILES string of the molecule is COCCOC(=O)N1C(=O)C2(c3cc(C#CCN(C)Cc4ccccc4)ccc31)C(C(=O)N1CCCCCCC1)C1C(=O)OC(c3ccccc3)C(c3ccccc3)N1C2c1cccc(OCCO)c1. The number of hydrogen-bond donors (Lipinski definition) is 1. The molecule has 70 heavy (non-hydrogen) atoms. The van der Waals surface area contributed by atoms with Gasteiger partial charge >= 0.3 is 12.1 Å². The smallest absolute Gasteiger partial charge is 0.421 e. The summed E-state index contributed by atoms with van der Waals surface area (Å²) in [6.45, 7) is 1.68. The number of nitrogens with zero attached hydrogens (tertiary/aromatic N) is 4. The van der Waals surface area contributed by atoms with Gasteiger partial charge in [-0.3, -0.25) is 24.2 Å². The van der Waals surface area contributed by atoms with E-state index >= 15 is 14.4 Å². The second-order valence-electron chi connectivity index (χ2n) is 18.4. The quantitative estimate of drug-likeness (QED) is 0.0704. The van der Waals surface area contributed by atoms with Gasteiger partial charge in [0.1, 0.15) is 36.5 Å². The van der Waals surface area contributed by atoms with Crippen LogP contribution in [-0.4, -0.2) is 110 Å². The van der Waals surface area contributed by atoms with Gasteiger partial charge in [-0.15, -0.1) is 0 Å². The molecule has 0 saturated carbocycles. The average Bonchev–Trinajstić information content (AvgIpc) is 3.82. The van der Waals surface area contributed by atoms with Crippen molar-refractivity contribution in [2.75, 3.05) is 65.1 Å². The summed E-state index contributed by atoms with van der Waals surface area (Å²) in [5.41, 5.74) is 2.41. The van der Waals surface area contributed by atoms with Crippen molar-refractivity contribution in [1.29, 1.82) is 0 Å². The molecule has 0 aliphatic carbocycles. The Morgan fingerprint density at radius 2 is 1.44 bits per heavy atom. The summed E-state index contributed by atoms with van der Waals surface area (Å²) in [7, 11) is 3.49. The minimum Gasteiger partial charge on any atom is -0.491 e. The third-order valence-electron chi connectivity index (χ3n) is 14.0. The predicted molar refractivity (Wildman–Crippen MR) is 263 cm³/mol. The first kappa shape index (κ1) is 48.2. The van der Waals surface area contributed by atoms with Crippen molar-refractivity contribution in [3.8, 4) is 17.6 Å². The number of cyclic esters (lactones) is 1. The lowest BCUT2D eigenvalue weighted by molar-refractivity contribution is -0.179. The Morgan fingerprint density at radius 1 is 0.771 bits per heavy atom. The summed E-state index contributed by atoms with van der Waals surface area (Å²) in [6.07, 6.45) is 2.59. The largest absolute Gasteiger partial charge is 0.491 e. The highest BCUT2D eigenvalue weighted by molar-refractivity contribution is 6.23. The minimum atomic E-state index is -1.96. The van der Waals surface area contributed by atoms with E-state index < -0.39 is 53.5 Å². The van der Waals surface area contributed by atoms with Gasteiger partial charge < -0.3 is 29.0 Å². The van der Waals surface area contributed by atoms with Crippen molar-refractivity contribution in [3.63, 3.8) is 0 Å². The highest BCUT2D eigenvalue weighted by Crippen LogP contribution is 2.66. The zero-order chi connectivity index (χ0) is 48.6. The third-order valence-corrected chi connectivity index (χ3v) is 14.0. The Morgan fingerprint density at radius 3 is 2.14 bits per heavy atom. The van der Waals surface area contributed by atoms with Gasteiger partial charge in [-0.2, -0.15) is 0 Å². The molecule has 6 atom stereocenters. The number of morpholine rings is 1. The highest BCUT2D eigenvalue weighted by Gasteiger charge is 2.76. The van der Waals surface area contributed by atoms with Crippen molar-refractivity contribution < 1.29 is 43.2 Å². The number of likely N-dealkylation sites (tertiary alicyclic amines) is 1. The molecule has 4 heterocycles. The van der Waals surface area contributed by atoms with Gasteiger partial charge in [-0.05, 0) is 78.0 Å². The maximum absolute atomic E-state index is 16.6. The van der Waals surface area contributed by atoms with Gasteiger partial charge in [-0.25, -0.2) is 9.69 Å². The molecule has 0 bridgehead atoms. The third kappa shape index (κ3) is 9.44. The first-order valence-electron chi connectivity index (χ1n) is 24.3. The number of imide groups is 1.